The predicted molar refractivity (Wildman–Crippen MR) is 118 cm³/mol. The molecular formula is C25H28N2O2. The summed E-state index contributed by atoms with van der Waals surface area (Å²) in [6.45, 7) is 7.52. The van der Waals surface area contributed by atoms with Gasteiger partial charge in [-0.05, 0) is 36.3 Å². The van der Waals surface area contributed by atoms with Crippen LogP contribution in [0.5, 0.6) is 0 Å². The first-order valence-corrected chi connectivity index (χ1v) is 10.0. The third kappa shape index (κ3) is 3.88. The van der Waals surface area contributed by atoms with Crippen LogP contribution in [0.15, 0.2) is 72.5 Å². The van der Waals surface area contributed by atoms with Crippen LogP contribution in [0.3, 0.4) is 0 Å². The topological polar surface area (TPSA) is 49.4 Å². The van der Waals surface area contributed by atoms with E-state index in [1.165, 1.54) is 23.0 Å². The number of amides is 1. The third-order valence-electron chi connectivity index (χ3n) is 5.41. The lowest BCUT2D eigenvalue weighted by molar-refractivity contribution is 0.0951. The highest BCUT2D eigenvalue weighted by Gasteiger charge is 2.38. The van der Waals surface area contributed by atoms with Crippen molar-refractivity contribution < 1.29 is 9.59 Å². The smallest absolute Gasteiger partial charge is 0.251 e. The zero-order valence-corrected chi connectivity index (χ0v) is 17.5. The standard InChI is InChI=1S/C25H28N2O2/c1-5-17-27-21-14-9-8-13-20(21)25(2,3)23(27)16-10-15-22(28)18-11-6-7-12-19(18)24(29)26-4/h6-16H,5,17H2,1-4H3,(H,26,29). The van der Waals surface area contributed by atoms with Gasteiger partial charge in [-0.25, -0.2) is 0 Å². The Morgan fingerprint density at radius 2 is 1.69 bits per heavy atom. The number of nitrogens with one attached hydrogen (secondary N) is 1. The van der Waals surface area contributed by atoms with Gasteiger partial charge in [0.15, 0.2) is 5.78 Å². The van der Waals surface area contributed by atoms with Gasteiger partial charge < -0.3 is 10.2 Å². The maximum atomic E-state index is 12.7. The molecule has 1 N–H and O–H groups in total. The van der Waals surface area contributed by atoms with E-state index >= 15 is 0 Å². The highest BCUT2D eigenvalue weighted by Crippen LogP contribution is 2.47. The minimum atomic E-state index is -0.262. The summed E-state index contributed by atoms with van der Waals surface area (Å²) in [5.41, 5.74) is 4.35. The number of fused-ring (bicyclic) bond motifs is 1. The third-order valence-corrected chi connectivity index (χ3v) is 5.41. The molecule has 4 heteroatoms. The second kappa shape index (κ2) is 8.48. The van der Waals surface area contributed by atoms with Crippen LogP contribution in [-0.2, 0) is 5.41 Å². The van der Waals surface area contributed by atoms with Crippen LogP contribution in [0.2, 0.25) is 0 Å². The van der Waals surface area contributed by atoms with E-state index in [-0.39, 0.29) is 17.1 Å². The molecule has 1 aliphatic rings. The Morgan fingerprint density at radius 3 is 2.38 bits per heavy atom. The van der Waals surface area contributed by atoms with Crippen molar-refractivity contribution in [3.05, 3.63) is 89.1 Å². The zero-order chi connectivity index (χ0) is 21.0. The normalized spacial score (nSPS) is 16.3. The first-order valence-electron chi connectivity index (χ1n) is 10.0. The number of carbonyl (C=O) groups is 2. The molecule has 0 atom stereocenters. The van der Waals surface area contributed by atoms with Gasteiger partial charge in [-0.15, -0.1) is 0 Å². The van der Waals surface area contributed by atoms with Crippen LogP contribution in [0, 0.1) is 0 Å². The Kier molecular flexibility index (Phi) is 6.02. The van der Waals surface area contributed by atoms with E-state index in [2.05, 4.69) is 55.3 Å². The van der Waals surface area contributed by atoms with Crippen molar-refractivity contribution in [1.29, 1.82) is 0 Å². The van der Waals surface area contributed by atoms with Gasteiger partial charge in [0, 0.05) is 36.0 Å². The molecule has 0 spiro atoms. The van der Waals surface area contributed by atoms with Crippen LogP contribution >= 0.6 is 0 Å². The summed E-state index contributed by atoms with van der Waals surface area (Å²) in [5.74, 6) is -0.446. The molecule has 0 radical (unpaired) electrons. The van der Waals surface area contributed by atoms with Gasteiger partial charge in [-0.2, -0.15) is 0 Å². The molecule has 0 fully saturated rings. The van der Waals surface area contributed by atoms with Crippen molar-refractivity contribution >= 4 is 17.4 Å². The number of ketones is 1. The van der Waals surface area contributed by atoms with Crippen molar-refractivity contribution in [2.75, 3.05) is 18.5 Å². The Morgan fingerprint density at radius 1 is 1.03 bits per heavy atom. The van der Waals surface area contributed by atoms with Crippen LogP contribution in [-0.4, -0.2) is 25.3 Å². The molecule has 150 valence electrons. The Bertz CT molecular complexity index is 986. The number of nitrogens with zero attached hydrogens (tertiary/aromatic N) is 1. The molecule has 29 heavy (non-hydrogen) atoms. The largest absolute Gasteiger partial charge is 0.355 e. The number of benzene rings is 2. The van der Waals surface area contributed by atoms with Crippen LogP contribution < -0.4 is 10.2 Å². The van der Waals surface area contributed by atoms with Gasteiger partial charge in [-0.3, -0.25) is 9.59 Å². The highest BCUT2D eigenvalue weighted by molar-refractivity contribution is 6.12. The minimum absolute atomic E-state index is 0.140. The van der Waals surface area contributed by atoms with Gasteiger partial charge in [0.25, 0.3) is 5.91 Å². The molecule has 2 aromatic rings. The fraction of sp³-hybridized carbons (Fsp3) is 0.280. The fourth-order valence-electron chi connectivity index (χ4n) is 3.95. The molecule has 3 rings (SSSR count). The second-order valence-corrected chi connectivity index (χ2v) is 7.69. The molecule has 4 nitrogen and oxygen atoms in total. The monoisotopic (exact) mass is 388 g/mol. The number of para-hydroxylation sites is 1. The summed E-state index contributed by atoms with van der Waals surface area (Å²) in [4.78, 5) is 27.1. The summed E-state index contributed by atoms with van der Waals surface area (Å²) >= 11 is 0. The fourth-order valence-corrected chi connectivity index (χ4v) is 3.95. The van der Waals surface area contributed by atoms with E-state index in [9.17, 15) is 9.59 Å². The number of hydrogen-bond acceptors (Lipinski definition) is 3. The SMILES string of the molecule is CCCN1C(=CC=CC(=O)c2ccccc2C(=O)NC)C(C)(C)c2ccccc21. The number of anilines is 1. The molecule has 0 aliphatic carbocycles. The number of rotatable bonds is 6. The Balaban J connectivity index is 1.92. The van der Waals surface area contributed by atoms with Crippen LogP contribution in [0.1, 0.15) is 53.5 Å². The number of hydrogen-bond donors (Lipinski definition) is 1. The lowest BCUT2D eigenvalue weighted by Crippen LogP contribution is -2.26. The quantitative estimate of drug-likeness (QED) is 0.567. The van der Waals surface area contributed by atoms with Crippen molar-refractivity contribution in [3.63, 3.8) is 0 Å². The van der Waals surface area contributed by atoms with E-state index in [0.717, 1.165) is 13.0 Å². The maximum absolute atomic E-state index is 12.7. The summed E-state index contributed by atoms with van der Waals surface area (Å²) < 4.78 is 0. The molecule has 0 saturated carbocycles. The van der Waals surface area contributed by atoms with Gasteiger partial charge in [0.05, 0.1) is 5.56 Å². The van der Waals surface area contributed by atoms with Gasteiger partial charge in [-0.1, -0.05) is 63.2 Å². The van der Waals surface area contributed by atoms with E-state index < -0.39 is 0 Å². The van der Waals surface area contributed by atoms with Crippen LogP contribution in [0.4, 0.5) is 5.69 Å². The summed E-state index contributed by atoms with van der Waals surface area (Å²) in [6, 6.07) is 15.3. The number of carbonyl (C=O) groups excluding carboxylic acids is 2. The summed E-state index contributed by atoms with van der Waals surface area (Å²) in [7, 11) is 1.56. The van der Waals surface area contributed by atoms with Crippen molar-refractivity contribution in [1.82, 2.24) is 5.32 Å². The van der Waals surface area contributed by atoms with Gasteiger partial charge in [0.2, 0.25) is 0 Å². The Labute approximate surface area is 172 Å². The number of allylic oxidation sites excluding steroid dienone is 4. The molecular weight excluding hydrogens is 360 g/mol. The van der Waals surface area contributed by atoms with E-state index in [4.69, 9.17) is 0 Å². The van der Waals surface area contributed by atoms with Gasteiger partial charge in [0.1, 0.15) is 0 Å². The molecule has 1 amide bonds. The van der Waals surface area contributed by atoms with Crippen molar-refractivity contribution in [2.24, 2.45) is 0 Å². The molecule has 0 saturated heterocycles. The van der Waals surface area contributed by atoms with Crippen molar-refractivity contribution in [3.8, 4) is 0 Å². The lowest BCUT2D eigenvalue weighted by atomic mass is 9.83. The van der Waals surface area contributed by atoms with E-state index in [1.807, 2.05) is 6.08 Å². The second-order valence-electron chi connectivity index (χ2n) is 7.69. The average molecular weight is 389 g/mol. The molecule has 0 bridgehead atoms. The minimum Gasteiger partial charge on any atom is -0.355 e. The molecule has 0 aromatic heterocycles. The van der Waals surface area contributed by atoms with E-state index in [1.54, 1.807) is 37.4 Å². The van der Waals surface area contributed by atoms with Crippen molar-refractivity contribution in [2.45, 2.75) is 32.6 Å². The molecule has 1 heterocycles. The summed E-state index contributed by atoms with van der Waals surface area (Å²) in [5, 5.41) is 2.58. The highest BCUT2D eigenvalue weighted by atomic mass is 16.2. The Hall–Kier alpha value is -3.14. The first-order chi connectivity index (χ1) is 13.9. The van der Waals surface area contributed by atoms with Crippen LogP contribution in [0.25, 0.3) is 0 Å². The zero-order valence-electron chi connectivity index (χ0n) is 17.5. The summed E-state index contributed by atoms with van der Waals surface area (Å²) in [6.07, 6.45) is 6.40. The first kappa shape index (κ1) is 20.6. The predicted octanol–water partition coefficient (Wildman–Crippen LogP) is 4.88. The average Bonchev–Trinajstić information content (AvgIpc) is 2.95. The van der Waals surface area contributed by atoms with E-state index in [0.29, 0.717) is 11.1 Å². The van der Waals surface area contributed by atoms with Gasteiger partial charge >= 0.3 is 0 Å². The molecule has 1 aliphatic heterocycles. The molecule has 0 unspecified atom stereocenters. The maximum Gasteiger partial charge on any atom is 0.251 e. The lowest BCUT2D eigenvalue weighted by Gasteiger charge is -2.26. The molecule has 2 aromatic carbocycles.